The number of hydrogen-bond donors (Lipinski definition) is 2. The number of hydrogen-bond acceptors (Lipinski definition) is 3. The molecule has 0 unspecified atom stereocenters. The Morgan fingerprint density at radius 1 is 1.11 bits per heavy atom. The summed E-state index contributed by atoms with van der Waals surface area (Å²) >= 11 is 0. The van der Waals surface area contributed by atoms with Gasteiger partial charge in [0.05, 0.1) is 13.1 Å². The Morgan fingerprint density at radius 3 is 2.39 bits per heavy atom. The van der Waals surface area contributed by atoms with E-state index in [0.717, 1.165) is 5.69 Å². The van der Waals surface area contributed by atoms with E-state index in [4.69, 9.17) is 0 Å². The number of carbonyl (C=O) groups is 2. The van der Waals surface area contributed by atoms with Gasteiger partial charge in [0.1, 0.15) is 0 Å². The SMILES string of the molecule is CCNC(=O)CNC(=O)CN(C)c1ccccc1. The maximum atomic E-state index is 11.6. The first-order valence-corrected chi connectivity index (χ1v) is 5.93. The van der Waals surface area contributed by atoms with Crippen LogP contribution in [-0.2, 0) is 9.59 Å². The zero-order valence-electron chi connectivity index (χ0n) is 10.8. The molecule has 1 aromatic carbocycles. The Bertz CT molecular complexity index is 392. The zero-order valence-corrected chi connectivity index (χ0v) is 10.8. The quantitative estimate of drug-likeness (QED) is 0.766. The van der Waals surface area contributed by atoms with E-state index < -0.39 is 0 Å². The van der Waals surface area contributed by atoms with Crippen molar-refractivity contribution in [3.8, 4) is 0 Å². The first-order valence-electron chi connectivity index (χ1n) is 5.93. The van der Waals surface area contributed by atoms with Gasteiger partial charge in [-0.1, -0.05) is 18.2 Å². The van der Waals surface area contributed by atoms with E-state index in [1.807, 2.05) is 49.2 Å². The van der Waals surface area contributed by atoms with Crippen LogP contribution in [0, 0.1) is 0 Å². The van der Waals surface area contributed by atoms with Crippen LogP contribution < -0.4 is 15.5 Å². The molecular formula is C13H19N3O2. The second kappa shape index (κ2) is 7.32. The molecule has 5 heteroatoms. The van der Waals surface area contributed by atoms with Gasteiger partial charge in [0.2, 0.25) is 11.8 Å². The van der Waals surface area contributed by atoms with E-state index in [-0.39, 0.29) is 24.9 Å². The molecule has 5 nitrogen and oxygen atoms in total. The normalized spacial score (nSPS) is 9.67. The molecule has 0 aliphatic rings. The summed E-state index contributed by atoms with van der Waals surface area (Å²) in [6.07, 6.45) is 0. The Morgan fingerprint density at radius 2 is 1.78 bits per heavy atom. The molecule has 0 aliphatic heterocycles. The molecule has 0 aromatic heterocycles. The molecule has 1 aromatic rings. The third-order valence-corrected chi connectivity index (χ3v) is 2.40. The molecule has 0 aliphatic carbocycles. The van der Waals surface area contributed by atoms with Crippen LogP contribution in [0.15, 0.2) is 30.3 Å². The molecule has 0 saturated heterocycles. The minimum Gasteiger partial charge on any atom is -0.365 e. The Kier molecular flexibility index (Phi) is 5.70. The molecule has 2 amide bonds. The van der Waals surface area contributed by atoms with Gasteiger partial charge in [-0.15, -0.1) is 0 Å². The molecule has 0 saturated carbocycles. The summed E-state index contributed by atoms with van der Waals surface area (Å²) in [7, 11) is 1.83. The molecule has 0 heterocycles. The predicted octanol–water partition coefficient (Wildman–Crippen LogP) is 0.375. The van der Waals surface area contributed by atoms with Gasteiger partial charge >= 0.3 is 0 Å². The summed E-state index contributed by atoms with van der Waals surface area (Å²) in [6.45, 7) is 2.65. The van der Waals surface area contributed by atoms with E-state index in [1.54, 1.807) is 0 Å². The highest BCUT2D eigenvalue weighted by Gasteiger charge is 2.08. The van der Waals surface area contributed by atoms with E-state index in [1.165, 1.54) is 0 Å². The van der Waals surface area contributed by atoms with Crippen LogP contribution in [0.25, 0.3) is 0 Å². The molecule has 18 heavy (non-hydrogen) atoms. The van der Waals surface area contributed by atoms with Gasteiger partial charge in [0, 0.05) is 19.3 Å². The van der Waals surface area contributed by atoms with Crippen LogP contribution in [0.4, 0.5) is 5.69 Å². The summed E-state index contributed by atoms with van der Waals surface area (Å²) < 4.78 is 0. The van der Waals surface area contributed by atoms with Crippen LogP contribution in [0.3, 0.4) is 0 Å². The van der Waals surface area contributed by atoms with Gasteiger partial charge in [-0.3, -0.25) is 9.59 Å². The van der Waals surface area contributed by atoms with Gasteiger partial charge in [0.25, 0.3) is 0 Å². The van der Waals surface area contributed by atoms with Gasteiger partial charge in [-0.25, -0.2) is 0 Å². The molecule has 0 bridgehead atoms. The highest BCUT2D eigenvalue weighted by molar-refractivity contribution is 5.86. The first-order chi connectivity index (χ1) is 8.63. The smallest absolute Gasteiger partial charge is 0.239 e. The Hall–Kier alpha value is -2.04. The van der Waals surface area contributed by atoms with Gasteiger partial charge in [-0.2, -0.15) is 0 Å². The lowest BCUT2D eigenvalue weighted by Crippen LogP contribution is -2.41. The Balaban J connectivity index is 2.34. The van der Waals surface area contributed by atoms with Gasteiger partial charge < -0.3 is 15.5 Å². The van der Waals surface area contributed by atoms with Crippen LogP contribution in [0.2, 0.25) is 0 Å². The number of rotatable bonds is 6. The number of likely N-dealkylation sites (N-methyl/N-ethyl adjacent to an activating group) is 2. The van der Waals surface area contributed by atoms with Crippen molar-refractivity contribution in [3.05, 3.63) is 30.3 Å². The first kappa shape index (κ1) is 14.0. The van der Waals surface area contributed by atoms with Crippen molar-refractivity contribution < 1.29 is 9.59 Å². The summed E-state index contributed by atoms with van der Waals surface area (Å²) in [5.74, 6) is -0.346. The fourth-order valence-electron chi connectivity index (χ4n) is 1.48. The molecule has 2 N–H and O–H groups in total. The van der Waals surface area contributed by atoms with E-state index >= 15 is 0 Å². The lowest BCUT2D eigenvalue weighted by atomic mass is 10.3. The summed E-state index contributed by atoms with van der Waals surface area (Å²) in [6, 6.07) is 9.61. The lowest BCUT2D eigenvalue weighted by molar-refractivity contribution is -0.125. The number of amides is 2. The highest BCUT2D eigenvalue weighted by atomic mass is 16.2. The number of nitrogens with one attached hydrogen (secondary N) is 2. The van der Waals surface area contributed by atoms with Crippen LogP contribution in [0.5, 0.6) is 0 Å². The third kappa shape index (κ3) is 4.86. The maximum Gasteiger partial charge on any atom is 0.239 e. The lowest BCUT2D eigenvalue weighted by Gasteiger charge is -2.18. The molecule has 0 spiro atoms. The van der Waals surface area contributed by atoms with Crippen molar-refractivity contribution in [1.82, 2.24) is 10.6 Å². The second-order valence-corrected chi connectivity index (χ2v) is 3.92. The monoisotopic (exact) mass is 249 g/mol. The standard InChI is InChI=1S/C13H19N3O2/c1-3-14-12(17)9-15-13(18)10-16(2)11-7-5-4-6-8-11/h4-8H,3,9-10H2,1-2H3,(H,14,17)(H,15,18). The fraction of sp³-hybridized carbons (Fsp3) is 0.385. The summed E-state index contributed by atoms with van der Waals surface area (Å²) in [4.78, 5) is 24.6. The molecule has 1 rings (SSSR count). The average molecular weight is 249 g/mol. The number of carbonyl (C=O) groups excluding carboxylic acids is 2. The largest absolute Gasteiger partial charge is 0.365 e. The molecule has 0 atom stereocenters. The second-order valence-electron chi connectivity index (χ2n) is 3.92. The molecule has 0 fully saturated rings. The van der Waals surface area contributed by atoms with Crippen molar-refractivity contribution in [1.29, 1.82) is 0 Å². The third-order valence-electron chi connectivity index (χ3n) is 2.40. The molecular weight excluding hydrogens is 230 g/mol. The van der Waals surface area contributed by atoms with Crippen molar-refractivity contribution in [2.24, 2.45) is 0 Å². The topological polar surface area (TPSA) is 61.4 Å². The van der Waals surface area contributed by atoms with Crippen molar-refractivity contribution in [3.63, 3.8) is 0 Å². The number of para-hydroxylation sites is 1. The van der Waals surface area contributed by atoms with E-state index in [0.29, 0.717) is 6.54 Å². The summed E-state index contributed by atoms with van der Waals surface area (Å²) in [5, 5.41) is 5.19. The number of benzene rings is 1. The average Bonchev–Trinajstić information content (AvgIpc) is 2.38. The maximum absolute atomic E-state index is 11.6. The van der Waals surface area contributed by atoms with Crippen molar-refractivity contribution in [2.75, 3.05) is 31.6 Å². The van der Waals surface area contributed by atoms with Gasteiger partial charge in [-0.05, 0) is 19.1 Å². The van der Waals surface area contributed by atoms with Crippen LogP contribution in [-0.4, -0.2) is 38.5 Å². The fourth-order valence-corrected chi connectivity index (χ4v) is 1.48. The minimum absolute atomic E-state index is 0.0231. The zero-order chi connectivity index (χ0) is 13.4. The van der Waals surface area contributed by atoms with E-state index in [9.17, 15) is 9.59 Å². The Labute approximate surface area is 107 Å². The van der Waals surface area contributed by atoms with Crippen molar-refractivity contribution >= 4 is 17.5 Å². The van der Waals surface area contributed by atoms with Gasteiger partial charge in [0.15, 0.2) is 0 Å². The molecule has 98 valence electrons. The van der Waals surface area contributed by atoms with E-state index in [2.05, 4.69) is 10.6 Å². The summed E-state index contributed by atoms with van der Waals surface area (Å²) in [5.41, 5.74) is 0.964. The number of nitrogens with zero attached hydrogens (tertiary/aromatic N) is 1. The molecule has 0 radical (unpaired) electrons. The highest BCUT2D eigenvalue weighted by Crippen LogP contribution is 2.09. The van der Waals surface area contributed by atoms with Crippen molar-refractivity contribution in [2.45, 2.75) is 6.92 Å². The number of anilines is 1. The van der Waals surface area contributed by atoms with Crippen LogP contribution >= 0.6 is 0 Å². The predicted molar refractivity (Wildman–Crippen MR) is 71.4 cm³/mol. The minimum atomic E-state index is -0.174. The van der Waals surface area contributed by atoms with Crippen LogP contribution in [0.1, 0.15) is 6.92 Å².